The van der Waals surface area contributed by atoms with Crippen molar-refractivity contribution in [3.05, 3.63) is 71.4 Å². The molecule has 0 radical (unpaired) electrons. The predicted octanol–water partition coefficient (Wildman–Crippen LogP) is 3.53. The van der Waals surface area contributed by atoms with E-state index in [1.165, 1.54) is 12.1 Å². The lowest BCUT2D eigenvalue weighted by atomic mass is 10.1. The number of hydrogen-bond acceptors (Lipinski definition) is 4. The minimum atomic E-state index is -0.750. The molecule has 7 heteroatoms. The Balaban J connectivity index is 1.53. The van der Waals surface area contributed by atoms with Gasteiger partial charge < -0.3 is 14.6 Å². The van der Waals surface area contributed by atoms with Gasteiger partial charge in [-0.05, 0) is 36.2 Å². The first-order chi connectivity index (χ1) is 13.0. The van der Waals surface area contributed by atoms with Crippen molar-refractivity contribution in [3.8, 4) is 17.1 Å². The summed E-state index contributed by atoms with van der Waals surface area (Å²) >= 11 is 0. The summed E-state index contributed by atoms with van der Waals surface area (Å²) in [5.41, 5.74) is 1.51. The lowest BCUT2D eigenvalue weighted by molar-refractivity contribution is -0.120. The van der Waals surface area contributed by atoms with E-state index in [-0.39, 0.29) is 23.7 Å². The fourth-order valence-electron chi connectivity index (χ4n) is 2.61. The van der Waals surface area contributed by atoms with Crippen LogP contribution in [0.1, 0.15) is 11.3 Å². The molecule has 0 spiro atoms. The maximum absolute atomic E-state index is 13.8. The maximum Gasteiger partial charge on any atom is 0.226 e. The summed E-state index contributed by atoms with van der Waals surface area (Å²) in [6.07, 6.45) is 0.665. The number of methoxy groups -OCH3 is 1. The second kappa shape index (κ2) is 8.44. The molecular weight excluding hydrogens is 354 g/mol. The minimum absolute atomic E-state index is 0.00439. The first-order valence-corrected chi connectivity index (χ1v) is 8.36. The Morgan fingerprint density at radius 3 is 2.81 bits per heavy atom. The van der Waals surface area contributed by atoms with Gasteiger partial charge in [-0.3, -0.25) is 4.79 Å². The molecule has 0 aliphatic heterocycles. The average Bonchev–Trinajstić information content (AvgIpc) is 3.10. The van der Waals surface area contributed by atoms with Gasteiger partial charge in [-0.15, -0.1) is 0 Å². The zero-order chi connectivity index (χ0) is 19.2. The van der Waals surface area contributed by atoms with E-state index in [4.69, 9.17) is 9.26 Å². The molecule has 0 aliphatic rings. The van der Waals surface area contributed by atoms with Gasteiger partial charge in [0.15, 0.2) is 5.76 Å². The van der Waals surface area contributed by atoms with Gasteiger partial charge in [0.25, 0.3) is 0 Å². The molecule has 140 valence electrons. The van der Waals surface area contributed by atoms with Crippen LogP contribution in [0.25, 0.3) is 11.3 Å². The highest BCUT2D eigenvalue weighted by Gasteiger charge is 2.14. The maximum atomic E-state index is 13.8. The van der Waals surface area contributed by atoms with E-state index >= 15 is 0 Å². The average molecular weight is 372 g/mol. The molecule has 0 saturated carbocycles. The lowest BCUT2D eigenvalue weighted by Crippen LogP contribution is -2.27. The van der Waals surface area contributed by atoms with Crippen LogP contribution < -0.4 is 10.1 Å². The molecule has 0 saturated heterocycles. The number of halogens is 2. The number of nitrogens with zero attached hydrogens (tertiary/aromatic N) is 1. The highest BCUT2D eigenvalue weighted by Crippen LogP contribution is 2.24. The third kappa shape index (κ3) is 4.91. The molecular formula is C20H18F2N2O3. The van der Waals surface area contributed by atoms with E-state index in [0.717, 1.165) is 23.4 Å². The van der Waals surface area contributed by atoms with Gasteiger partial charge >= 0.3 is 0 Å². The number of benzene rings is 2. The van der Waals surface area contributed by atoms with Gasteiger partial charge in [0.05, 0.1) is 24.8 Å². The highest BCUT2D eigenvalue weighted by atomic mass is 19.1. The third-order valence-electron chi connectivity index (χ3n) is 3.97. The highest BCUT2D eigenvalue weighted by molar-refractivity contribution is 5.78. The number of amides is 1. The summed E-state index contributed by atoms with van der Waals surface area (Å²) in [6.45, 7) is 0.462. The Bertz CT molecular complexity index is 940. The van der Waals surface area contributed by atoms with Crippen LogP contribution in [-0.4, -0.2) is 24.7 Å². The number of rotatable bonds is 7. The second-order valence-corrected chi connectivity index (χ2v) is 5.93. The monoisotopic (exact) mass is 372 g/mol. The summed E-state index contributed by atoms with van der Waals surface area (Å²) in [4.78, 5) is 12.0. The number of nitrogens with one attached hydrogen (secondary N) is 1. The molecule has 1 aromatic heterocycles. The molecule has 2 aromatic carbocycles. The van der Waals surface area contributed by atoms with Crippen LogP contribution in [-0.2, 0) is 17.6 Å². The number of carbonyl (C=O) groups excluding carboxylic acids is 1. The predicted molar refractivity (Wildman–Crippen MR) is 95.3 cm³/mol. The molecule has 27 heavy (non-hydrogen) atoms. The smallest absolute Gasteiger partial charge is 0.226 e. The SMILES string of the molecule is COc1cccc(CCNC(=O)Cc2cc(-c3ccc(F)cc3F)on2)c1. The summed E-state index contributed by atoms with van der Waals surface area (Å²) in [7, 11) is 1.60. The van der Waals surface area contributed by atoms with E-state index in [1.807, 2.05) is 24.3 Å². The van der Waals surface area contributed by atoms with E-state index in [0.29, 0.717) is 18.7 Å². The topological polar surface area (TPSA) is 64.4 Å². The van der Waals surface area contributed by atoms with E-state index in [1.54, 1.807) is 7.11 Å². The Morgan fingerprint density at radius 2 is 2.04 bits per heavy atom. The van der Waals surface area contributed by atoms with Gasteiger partial charge in [0.1, 0.15) is 17.4 Å². The first-order valence-electron chi connectivity index (χ1n) is 8.36. The molecule has 0 aliphatic carbocycles. The van der Waals surface area contributed by atoms with Gasteiger partial charge in [0.2, 0.25) is 5.91 Å². The Morgan fingerprint density at radius 1 is 1.19 bits per heavy atom. The van der Waals surface area contributed by atoms with Crippen molar-refractivity contribution in [3.63, 3.8) is 0 Å². The molecule has 0 bridgehead atoms. The van der Waals surface area contributed by atoms with E-state index in [9.17, 15) is 13.6 Å². The van der Waals surface area contributed by atoms with E-state index < -0.39 is 11.6 Å². The van der Waals surface area contributed by atoms with Crippen molar-refractivity contribution in [2.75, 3.05) is 13.7 Å². The fourth-order valence-corrected chi connectivity index (χ4v) is 2.61. The second-order valence-electron chi connectivity index (χ2n) is 5.93. The van der Waals surface area contributed by atoms with Gasteiger partial charge in [-0.1, -0.05) is 17.3 Å². The normalized spacial score (nSPS) is 10.6. The van der Waals surface area contributed by atoms with Gasteiger partial charge in [-0.25, -0.2) is 8.78 Å². The first kappa shape index (κ1) is 18.6. The number of aromatic nitrogens is 1. The number of hydrogen-bond donors (Lipinski definition) is 1. The van der Waals surface area contributed by atoms with Crippen LogP contribution >= 0.6 is 0 Å². The largest absolute Gasteiger partial charge is 0.497 e. The minimum Gasteiger partial charge on any atom is -0.497 e. The zero-order valence-electron chi connectivity index (χ0n) is 14.7. The summed E-state index contributed by atoms with van der Waals surface area (Å²) in [5.74, 6) is -0.738. The molecule has 0 atom stereocenters. The Hall–Kier alpha value is -3.22. The molecule has 1 heterocycles. The Labute approximate surface area is 154 Å². The quantitative estimate of drug-likeness (QED) is 0.689. The van der Waals surface area contributed by atoms with Crippen LogP contribution in [0.15, 0.2) is 53.1 Å². The van der Waals surface area contributed by atoms with Crippen molar-refractivity contribution in [1.82, 2.24) is 10.5 Å². The summed E-state index contributed by atoms with van der Waals surface area (Å²) < 4.78 is 37.0. The van der Waals surface area contributed by atoms with Crippen LogP contribution in [0.2, 0.25) is 0 Å². The molecule has 0 fully saturated rings. The van der Waals surface area contributed by atoms with Crippen molar-refractivity contribution >= 4 is 5.91 Å². The molecule has 1 amide bonds. The van der Waals surface area contributed by atoms with Crippen molar-refractivity contribution in [2.24, 2.45) is 0 Å². The summed E-state index contributed by atoms with van der Waals surface area (Å²) in [6, 6.07) is 12.2. The van der Waals surface area contributed by atoms with Gasteiger partial charge in [-0.2, -0.15) is 0 Å². The van der Waals surface area contributed by atoms with Crippen LogP contribution in [0.5, 0.6) is 5.75 Å². The van der Waals surface area contributed by atoms with Gasteiger partial charge in [0, 0.05) is 18.7 Å². The number of carbonyl (C=O) groups is 1. The van der Waals surface area contributed by atoms with Crippen molar-refractivity contribution < 1.29 is 22.8 Å². The third-order valence-corrected chi connectivity index (χ3v) is 3.97. The fraction of sp³-hybridized carbons (Fsp3) is 0.200. The number of ether oxygens (including phenoxy) is 1. The molecule has 3 aromatic rings. The zero-order valence-corrected chi connectivity index (χ0v) is 14.7. The van der Waals surface area contributed by atoms with Crippen LogP contribution in [0, 0.1) is 11.6 Å². The van der Waals surface area contributed by atoms with E-state index in [2.05, 4.69) is 10.5 Å². The molecule has 1 N–H and O–H groups in total. The molecule has 5 nitrogen and oxygen atoms in total. The van der Waals surface area contributed by atoms with Crippen molar-refractivity contribution in [1.29, 1.82) is 0 Å². The molecule has 3 rings (SSSR count). The van der Waals surface area contributed by atoms with Crippen LogP contribution in [0.3, 0.4) is 0 Å². The standard InChI is InChI=1S/C20H18F2N2O3/c1-26-16-4-2-3-13(9-16)7-8-23-20(25)12-15-11-19(27-24-15)17-6-5-14(21)10-18(17)22/h2-6,9-11H,7-8,12H2,1H3,(H,23,25). The van der Waals surface area contributed by atoms with Crippen molar-refractivity contribution in [2.45, 2.75) is 12.8 Å². The molecule has 0 unspecified atom stereocenters. The lowest BCUT2D eigenvalue weighted by Gasteiger charge is -2.06. The summed E-state index contributed by atoms with van der Waals surface area (Å²) in [5, 5.41) is 6.57. The Kier molecular flexibility index (Phi) is 5.80. The van der Waals surface area contributed by atoms with Crippen LogP contribution in [0.4, 0.5) is 8.78 Å².